The van der Waals surface area contributed by atoms with E-state index < -0.39 is 10.0 Å². The zero-order chi connectivity index (χ0) is 15.0. The van der Waals surface area contributed by atoms with Crippen molar-refractivity contribution in [3.8, 4) is 6.07 Å². The fraction of sp³-hybridized carbons (Fsp3) is 0.500. The first kappa shape index (κ1) is 16.5. The van der Waals surface area contributed by atoms with Crippen LogP contribution in [0.3, 0.4) is 0 Å². The van der Waals surface area contributed by atoms with Crippen LogP contribution < -0.4 is 4.72 Å². The molecule has 0 amide bonds. The molecule has 0 bridgehead atoms. The molecule has 1 heterocycles. The maximum Gasteiger partial charge on any atom is 0.242 e. The molecule has 7 nitrogen and oxygen atoms in total. The van der Waals surface area contributed by atoms with Crippen LogP contribution in [0.2, 0.25) is 0 Å². The molecule has 0 saturated heterocycles. The van der Waals surface area contributed by atoms with Gasteiger partial charge in [0, 0.05) is 32.9 Å². The molecule has 1 N–H and O–H groups in total. The Bertz CT molecular complexity index is 551. The van der Waals surface area contributed by atoms with Crippen molar-refractivity contribution in [2.75, 3.05) is 40.4 Å². The molecule has 0 spiro atoms. The Kier molecular flexibility index (Phi) is 6.54. The average Bonchev–Trinajstić information content (AvgIpc) is 2.45. The van der Waals surface area contributed by atoms with E-state index in [2.05, 4.69) is 9.71 Å². The highest BCUT2D eigenvalue weighted by atomic mass is 32.2. The van der Waals surface area contributed by atoms with Gasteiger partial charge in [-0.15, -0.1) is 0 Å². The number of nitrogens with zero attached hydrogens (tertiary/aromatic N) is 3. The normalized spacial score (nSPS) is 11.5. The molecule has 0 unspecified atom stereocenters. The van der Waals surface area contributed by atoms with Crippen molar-refractivity contribution in [3.63, 3.8) is 0 Å². The third kappa shape index (κ3) is 5.22. The van der Waals surface area contributed by atoms with Crippen LogP contribution in [-0.2, 0) is 14.8 Å². The van der Waals surface area contributed by atoms with Crippen molar-refractivity contribution in [1.29, 1.82) is 5.26 Å². The number of hydrogen-bond acceptors (Lipinski definition) is 6. The van der Waals surface area contributed by atoms with Crippen LogP contribution in [0.1, 0.15) is 5.69 Å². The van der Waals surface area contributed by atoms with Gasteiger partial charge in [0.25, 0.3) is 0 Å². The number of hydrogen-bond donors (Lipinski definition) is 1. The Labute approximate surface area is 119 Å². The fourth-order valence-corrected chi connectivity index (χ4v) is 2.38. The van der Waals surface area contributed by atoms with Crippen molar-refractivity contribution >= 4 is 10.0 Å². The van der Waals surface area contributed by atoms with E-state index in [4.69, 9.17) is 10.00 Å². The van der Waals surface area contributed by atoms with Crippen LogP contribution in [0.5, 0.6) is 0 Å². The van der Waals surface area contributed by atoms with E-state index >= 15 is 0 Å². The molecule has 1 aromatic rings. The van der Waals surface area contributed by atoms with Gasteiger partial charge in [0.1, 0.15) is 16.7 Å². The highest BCUT2D eigenvalue weighted by molar-refractivity contribution is 7.89. The smallest absolute Gasteiger partial charge is 0.242 e. The summed E-state index contributed by atoms with van der Waals surface area (Å²) < 4.78 is 31.3. The molecule has 8 heteroatoms. The summed E-state index contributed by atoms with van der Waals surface area (Å²) in [5, 5.41) is 8.61. The van der Waals surface area contributed by atoms with Gasteiger partial charge in [-0.3, -0.25) is 0 Å². The summed E-state index contributed by atoms with van der Waals surface area (Å²) in [4.78, 5) is 5.75. The Hall–Kier alpha value is -1.53. The topological polar surface area (TPSA) is 95.3 Å². The van der Waals surface area contributed by atoms with Crippen LogP contribution in [-0.4, -0.2) is 58.7 Å². The lowest BCUT2D eigenvalue weighted by atomic mass is 10.4. The van der Waals surface area contributed by atoms with Gasteiger partial charge in [-0.05, 0) is 19.2 Å². The molecule has 0 saturated carbocycles. The number of pyridine rings is 1. The third-order valence-electron chi connectivity index (χ3n) is 2.62. The molecule has 0 aliphatic heterocycles. The second-order valence-corrected chi connectivity index (χ2v) is 5.95. The van der Waals surface area contributed by atoms with Gasteiger partial charge >= 0.3 is 0 Å². The first-order valence-corrected chi connectivity index (χ1v) is 7.51. The average molecular weight is 298 g/mol. The summed E-state index contributed by atoms with van der Waals surface area (Å²) in [6.07, 6.45) is 1.18. The minimum atomic E-state index is -3.58. The van der Waals surface area contributed by atoms with Crippen LogP contribution in [0.25, 0.3) is 0 Å². The molecule has 0 atom stereocenters. The van der Waals surface area contributed by atoms with Crippen LogP contribution in [0.15, 0.2) is 23.2 Å². The van der Waals surface area contributed by atoms with Gasteiger partial charge in [-0.25, -0.2) is 18.1 Å². The van der Waals surface area contributed by atoms with E-state index in [0.29, 0.717) is 19.7 Å². The largest absolute Gasteiger partial charge is 0.383 e. The molecule has 0 aromatic carbocycles. The highest BCUT2D eigenvalue weighted by Crippen LogP contribution is 2.06. The van der Waals surface area contributed by atoms with Crippen molar-refractivity contribution in [3.05, 3.63) is 24.0 Å². The second-order valence-electron chi connectivity index (χ2n) is 4.18. The van der Waals surface area contributed by atoms with Gasteiger partial charge in [-0.2, -0.15) is 5.26 Å². The summed E-state index contributed by atoms with van der Waals surface area (Å²) in [5.74, 6) is 0. The van der Waals surface area contributed by atoms with Crippen LogP contribution >= 0.6 is 0 Å². The van der Waals surface area contributed by atoms with Crippen molar-refractivity contribution in [2.24, 2.45) is 0 Å². The van der Waals surface area contributed by atoms with Crippen LogP contribution in [0.4, 0.5) is 0 Å². The predicted molar refractivity (Wildman–Crippen MR) is 73.5 cm³/mol. The van der Waals surface area contributed by atoms with Crippen LogP contribution in [0, 0.1) is 11.3 Å². The minimum Gasteiger partial charge on any atom is -0.383 e. The molecule has 0 radical (unpaired) electrons. The SMILES string of the molecule is COCCN(C)CCNS(=O)(=O)c1ccc(C#N)nc1. The zero-order valence-electron chi connectivity index (χ0n) is 11.5. The van der Waals surface area contributed by atoms with Crippen molar-refractivity contribution < 1.29 is 13.2 Å². The molecular weight excluding hydrogens is 280 g/mol. The van der Waals surface area contributed by atoms with E-state index in [-0.39, 0.29) is 10.6 Å². The van der Waals surface area contributed by atoms with E-state index in [1.807, 2.05) is 18.0 Å². The number of methoxy groups -OCH3 is 1. The minimum absolute atomic E-state index is 0.0519. The van der Waals surface area contributed by atoms with E-state index in [1.54, 1.807) is 7.11 Å². The standard InChI is InChI=1S/C12H18N4O3S/c1-16(7-8-19-2)6-5-15-20(17,18)12-4-3-11(9-13)14-10-12/h3-4,10,15H,5-8H2,1-2H3. The molecule has 20 heavy (non-hydrogen) atoms. The summed E-state index contributed by atoms with van der Waals surface area (Å²) in [5.41, 5.74) is 0.184. The van der Waals surface area contributed by atoms with Gasteiger partial charge in [0.2, 0.25) is 10.0 Å². The maximum absolute atomic E-state index is 12.0. The molecular formula is C12H18N4O3S. The Morgan fingerprint density at radius 1 is 1.45 bits per heavy atom. The lowest BCUT2D eigenvalue weighted by Gasteiger charge is -2.16. The van der Waals surface area contributed by atoms with Gasteiger partial charge in [0.05, 0.1) is 6.61 Å². The number of likely N-dealkylation sites (N-methyl/N-ethyl adjacent to an activating group) is 1. The fourth-order valence-electron chi connectivity index (χ4n) is 1.42. The predicted octanol–water partition coefficient (Wildman–Crippen LogP) is -0.190. The summed E-state index contributed by atoms with van der Waals surface area (Å²) in [6, 6.07) is 4.58. The Morgan fingerprint density at radius 2 is 2.20 bits per heavy atom. The molecule has 110 valence electrons. The number of nitrogens with one attached hydrogen (secondary N) is 1. The summed E-state index contributed by atoms with van der Waals surface area (Å²) in [7, 11) is -0.0763. The van der Waals surface area contributed by atoms with Gasteiger partial charge in [-0.1, -0.05) is 0 Å². The number of nitriles is 1. The number of sulfonamides is 1. The first-order chi connectivity index (χ1) is 9.49. The number of rotatable bonds is 8. The third-order valence-corrected chi connectivity index (χ3v) is 4.07. The molecule has 0 fully saturated rings. The van der Waals surface area contributed by atoms with Gasteiger partial charge < -0.3 is 9.64 Å². The quantitative estimate of drug-likeness (QED) is 0.714. The molecule has 0 aliphatic carbocycles. The zero-order valence-corrected chi connectivity index (χ0v) is 12.4. The first-order valence-electron chi connectivity index (χ1n) is 6.03. The van der Waals surface area contributed by atoms with Crippen molar-refractivity contribution in [1.82, 2.24) is 14.6 Å². The van der Waals surface area contributed by atoms with E-state index in [1.165, 1.54) is 18.3 Å². The summed E-state index contributed by atoms with van der Waals surface area (Å²) >= 11 is 0. The number of ether oxygens (including phenoxy) is 1. The lowest BCUT2D eigenvalue weighted by molar-refractivity contribution is 0.162. The maximum atomic E-state index is 12.0. The molecule has 0 aliphatic rings. The lowest BCUT2D eigenvalue weighted by Crippen LogP contribution is -2.34. The molecule has 1 aromatic heterocycles. The Morgan fingerprint density at radius 3 is 2.75 bits per heavy atom. The van der Waals surface area contributed by atoms with E-state index in [9.17, 15) is 8.42 Å². The van der Waals surface area contributed by atoms with Gasteiger partial charge in [0.15, 0.2) is 0 Å². The Balaban J connectivity index is 2.51. The second kappa shape index (κ2) is 7.91. The highest BCUT2D eigenvalue weighted by Gasteiger charge is 2.14. The molecule has 1 rings (SSSR count). The van der Waals surface area contributed by atoms with E-state index in [0.717, 1.165) is 6.54 Å². The van der Waals surface area contributed by atoms with Crippen molar-refractivity contribution in [2.45, 2.75) is 4.90 Å². The number of aromatic nitrogens is 1. The summed E-state index contributed by atoms with van der Waals surface area (Å²) in [6.45, 7) is 2.20. The monoisotopic (exact) mass is 298 g/mol.